The van der Waals surface area contributed by atoms with Crippen molar-refractivity contribution in [2.45, 2.75) is 38.6 Å². The lowest BCUT2D eigenvalue weighted by atomic mass is 9.98. The number of hydrogen-bond acceptors (Lipinski definition) is 3. The van der Waals surface area contributed by atoms with Gasteiger partial charge in [0.2, 0.25) is 0 Å². The molecule has 0 spiro atoms. The van der Waals surface area contributed by atoms with Crippen LogP contribution in [0.25, 0.3) is 11.1 Å². The van der Waals surface area contributed by atoms with E-state index in [1.54, 1.807) is 0 Å². The minimum atomic E-state index is -1.02. The first kappa shape index (κ1) is 18.5. The van der Waals surface area contributed by atoms with Crippen molar-refractivity contribution in [1.29, 1.82) is 0 Å². The number of nitrogens with one attached hydrogen (secondary N) is 1. The molecule has 0 aromatic heterocycles. The van der Waals surface area contributed by atoms with Crippen LogP contribution in [0, 0.1) is 11.3 Å². The Morgan fingerprint density at radius 3 is 2.14 bits per heavy atom. The maximum Gasteiger partial charge on any atom is 0.407 e. The molecule has 2 aromatic rings. The van der Waals surface area contributed by atoms with Crippen molar-refractivity contribution >= 4 is 12.1 Å². The quantitative estimate of drug-likeness (QED) is 0.779. The summed E-state index contributed by atoms with van der Waals surface area (Å²) in [4.78, 5) is 23.8. The number of carbonyl (C=O) groups excluding carboxylic acids is 1. The predicted molar refractivity (Wildman–Crippen MR) is 106 cm³/mol. The van der Waals surface area contributed by atoms with E-state index in [2.05, 4.69) is 43.4 Å². The molecule has 146 valence electrons. The number of aliphatic carboxylic acids is 1. The Morgan fingerprint density at radius 1 is 1.11 bits per heavy atom. The fourth-order valence-electron chi connectivity index (χ4n) is 4.27. The fourth-order valence-corrected chi connectivity index (χ4v) is 4.27. The van der Waals surface area contributed by atoms with Crippen LogP contribution in [0.15, 0.2) is 48.5 Å². The highest BCUT2D eigenvalue weighted by atomic mass is 16.5. The highest BCUT2D eigenvalue weighted by Gasteiger charge is 2.47. The normalized spacial score (nSPS) is 20.0. The molecule has 1 fully saturated rings. The SMILES string of the molecule is CC1(C)CC1CC(NC(=O)OCC1c2ccccc2-c2ccccc21)C(=O)O. The van der Waals surface area contributed by atoms with Crippen LogP contribution in [0.3, 0.4) is 0 Å². The minimum absolute atomic E-state index is 0.0382. The molecule has 2 unspecified atom stereocenters. The molecule has 0 heterocycles. The van der Waals surface area contributed by atoms with Gasteiger partial charge in [-0.1, -0.05) is 62.4 Å². The summed E-state index contributed by atoms with van der Waals surface area (Å²) in [7, 11) is 0. The zero-order valence-electron chi connectivity index (χ0n) is 16.1. The minimum Gasteiger partial charge on any atom is -0.480 e. The first-order valence-corrected chi connectivity index (χ1v) is 9.71. The van der Waals surface area contributed by atoms with E-state index in [1.807, 2.05) is 24.3 Å². The largest absolute Gasteiger partial charge is 0.480 e. The van der Waals surface area contributed by atoms with E-state index >= 15 is 0 Å². The van der Waals surface area contributed by atoms with Crippen molar-refractivity contribution in [2.75, 3.05) is 6.61 Å². The van der Waals surface area contributed by atoms with Crippen LogP contribution < -0.4 is 5.32 Å². The summed E-state index contributed by atoms with van der Waals surface area (Å²) in [5, 5.41) is 12.0. The number of carboxylic acid groups (broad SMARTS) is 1. The van der Waals surface area contributed by atoms with E-state index in [9.17, 15) is 14.7 Å². The Balaban J connectivity index is 1.41. The monoisotopic (exact) mass is 379 g/mol. The van der Waals surface area contributed by atoms with E-state index in [1.165, 1.54) is 0 Å². The Bertz CT molecular complexity index is 875. The summed E-state index contributed by atoms with van der Waals surface area (Å²) in [5.74, 6) is -0.734. The molecule has 5 heteroatoms. The van der Waals surface area contributed by atoms with Crippen molar-refractivity contribution in [2.24, 2.45) is 11.3 Å². The van der Waals surface area contributed by atoms with Gasteiger partial charge in [0.05, 0.1) is 0 Å². The van der Waals surface area contributed by atoms with E-state index < -0.39 is 18.1 Å². The summed E-state index contributed by atoms with van der Waals surface area (Å²) in [5.41, 5.74) is 4.74. The van der Waals surface area contributed by atoms with Crippen molar-refractivity contribution in [3.8, 4) is 11.1 Å². The Kier molecular flexibility index (Phi) is 4.61. The number of carbonyl (C=O) groups is 2. The molecule has 2 aliphatic rings. The number of benzene rings is 2. The second kappa shape index (κ2) is 6.97. The van der Waals surface area contributed by atoms with Gasteiger partial charge in [-0.05, 0) is 46.4 Å². The molecule has 0 aliphatic heterocycles. The number of hydrogen-bond donors (Lipinski definition) is 2. The van der Waals surface area contributed by atoms with E-state index in [-0.39, 0.29) is 17.9 Å². The Hall–Kier alpha value is -2.82. The van der Waals surface area contributed by atoms with Crippen molar-refractivity contribution in [3.05, 3.63) is 59.7 Å². The second-order valence-corrected chi connectivity index (χ2v) is 8.49. The van der Waals surface area contributed by atoms with Gasteiger partial charge in [0, 0.05) is 5.92 Å². The molecule has 28 heavy (non-hydrogen) atoms. The van der Waals surface area contributed by atoms with Gasteiger partial charge in [0.1, 0.15) is 12.6 Å². The molecule has 0 saturated heterocycles. The Morgan fingerprint density at radius 2 is 1.64 bits per heavy atom. The third-order valence-corrected chi connectivity index (χ3v) is 6.17. The second-order valence-electron chi connectivity index (χ2n) is 8.49. The van der Waals surface area contributed by atoms with Gasteiger partial charge >= 0.3 is 12.1 Å². The standard InChI is InChI=1S/C23H25NO4/c1-23(2)12-14(23)11-20(21(25)26)24-22(27)28-13-19-17-9-5-3-7-15(17)16-8-4-6-10-18(16)19/h3-10,14,19-20H,11-13H2,1-2H3,(H,24,27)(H,25,26). The third-order valence-electron chi connectivity index (χ3n) is 6.17. The van der Waals surface area contributed by atoms with Crippen molar-refractivity contribution in [1.82, 2.24) is 5.32 Å². The van der Waals surface area contributed by atoms with Crippen LogP contribution in [-0.2, 0) is 9.53 Å². The van der Waals surface area contributed by atoms with Gasteiger partial charge < -0.3 is 15.2 Å². The number of ether oxygens (including phenoxy) is 1. The first-order valence-electron chi connectivity index (χ1n) is 9.71. The number of rotatable bonds is 6. The maximum absolute atomic E-state index is 12.3. The molecular formula is C23H25NO4. The molecule has 2 N–H and O–H groups in total. The molecule has 0 radical (unpaired) electrons. The van der Waals surface area contributed by atoms with E-state index in [0.29, 0.717) is 12.3 Å². The average molecular weight is 379 g/mol. The van der Waals surface area contributed by atoms with Gasteiger partial charge in [-0.15, -0.1) is 0 Å². The summed E-state index contributed by atoms with van der Waals surface area (Å²) >= 11 is 0. The Labute approximate surface area is 164 Å². The molecule has 1 amide bonds. The van der Waals surface area contributed by atoms with Gasteiger partial charge in [-0.2, -0.15) is 0 Å². The molecular weight excluding hydrogens is 354 g/mol. The van der Waals surface area contributed by atoms with Crippen molar-refractivity contribution in [3.63, 3.8) is 0 Å². The number of alkyl carbamates (subject to hydrolysis) is 1. The van der Waals surface area contributed by atoms with Crippen molar-refractivity contribution < 1.29 is 19.4 Å². The maximum atomic E-state index is 12.3. The predicted octanol–water partition coefficient (Wildman–Crippen LogP) is 4.41. The summed E-state index contributed by atoms with van der Waals surface area (Å²) in [6, 6.07) is 15.3. The lowest BCUT2D eigenvalue weighted by Crippen LogP contribution is -2.42. The smallest absolute Gasteiger partial charge is 0.407 e. The van der Waals surface area contributed by atoms with Gasteiger partial charge in [-0.3, -0.25) is 0 Å². The van der Waals surface area contributed by atoms with Crippen LogP contribution in [0.5, 0.6) is 0 Å². The topological polar surface area (TPSA) is 75.6 Å². The van der Waals surface area contributed by atoms with Crippen LogP contribution in [-0.4, -0.2) is 29.8 Å². The summed E-state index contributed by atoms with van der Waals surface area (Å²) < 4.78 is 5.46. The summed E-state index contributed by atoms with van der Waals surface area (Å²) in [6.07, 6.45) is 0.753. The zero-order valence-corrected chi connectivity index (χ0v) is 16.1. The van der Waals surface area contributed by atoms with Gasteiger partial charge in [0.25, 0.3) is 0 Å². The van der Waals surface area contributed by atoms with E-state index in [4.69, 9.17) is 4.74 Å². The molecule has 5 nitrogen and oxygen atoms in total. The molecule has 4 rings (SSSR count). The fraction of sp³-hybridized carbons (Fsp3) is 0.391. The zero-order chi connectivity index (χ0) is 19.9. The number of amides is 1. The highest BCUT2D eigenvalue weighted by Crippen LogP contribution is 2.54. The number of fused-ring (bicyclic) bond motifs is 3. The van der Waals surface area contributed by atoms with Crippen LogP contribution >= 0.6 is 0 Å². The van der Waals surface area contributed by atoms with E-state index in [0.717, 1.165) is 28.7 Å². The van der Waals surface area contributed by atoms with Crippen LogP contribution in [0.4, 0.5) is 4.79 Å². The van der Waals surface area contributed by atoms with Gasteiger partial charge in [0.15, 0.2) is 0 Å². The first-order chi connectivity index (χ1) is 13.4. The molecule has 1 saturated carbocycles. The highest BCUT2D eigenvalue weighted by molar-refractivity contribution is 5.81. The lowest BCUT2D eigenvalue weighted by Gasteiger charge is -2.18. The summed E-state index contributed by atoms with van der Waals surface area (Å²) in [6.45, 7) is 4.41. The third kappa shape index (κ3) is 3.49. The van der Waals surface area contributed by atoms with Crippen LogP contribution in [0.2, 0.25) is 0 Å². The van der Waals surface area contributed by atoms with Gasteiger partial charge in [-0.25, -0.2) is 9.59 Å². The lowest BCUT2D eigenvalue weighted by molar-refractivity contribution is -0.139. The molecule has 2 atom stereocenters. The molecule has 2 aliphatic carbocycles. The number of carboxylic acids is 1. The molecule has 0 bridgehead atoms. The average Bonchev–Trinajstić information content (AvgIpc) is 3.14. The molecule has 2 aromatic carbocycles. The van der Waals surface area contributed by atoms with Crippen LogP contribution in [0.1, 0.15) is 43.7 Å².